The molecule has 0 aliphatic heterocycles. The quantitative estimate of drug-likeness (QED) is 0.647. The third-order valence-corrected chi connectivity index (χ3v) is 4.29. The van der Waals surface area contributed by atoms with Gasteiger partial charge in [-0.1, -0.05) is 29.8 Å². The first kappa shape index (κ1) is 20.0. The molecule has 9 heteroatoms. The van der Waals surface area contributed by atoms with Crippen molar-refractivity contribution >= 4 is 29.2 Å². The minimum atomic E-state index is -1.09. The molecule has 3 aromatic rings. The van der Waals surface area contributed by atoms with Crippen LogP contribution in [0.4, 0.5) is 5.69 Å². The van der Waals surface area contributed by atoms with E-state index in [-0.39, 0.29) is 10.7 Å². The van der Waals surface area contributed by atoms with Crippen LogP contribution in [0.25, 0.3) is 5.69 Å². The average molecular weight is 410 g/mol. The van der Waals surface area contributed by atoms with Crippen molar-refractivity contribution in [3.63, 3.8) is 0 Å². The van der Waals surface area contributed by atoms with E-state index in [1.807, 2.05) is 24.3 Å². The second-order valence-corrected chi connectivity index (χ2v) is 6.51. The number of aromatic nitrogens is 3. The van der Waals surface area contributed by atoms with Gasteiger partial charge in [-0.15, -0.1) is 5.10 Å². The van der Waals surface area contributed by atoms with Gasteiger partial charge in [-0.05, 0) is 44.2 Å². The lowest BCUT2D eigenvalue weighted by Crippen LogP contribution is -2.30. The van der Waals surface area contributed by atoms with Gasteiger partial charge in [0.15, 0.2) is 11.8 Å². The molecule has 0 fully saturated rings. The zero-order valence-corrected chi connectivity index (χ0v) is 16.3. The molecular formula is C20H16ClN5O3. The summed E-state index contributed by atoms with van der Waals surface area (Å²) in [4.78, 5) is 26.1. The Hall–Kier alpha value is -3.70. The van der Waals surface area contributed by atoms with Crippen LogP contribution in [0, 0.1) is 18.3 Å². The predicted molar refractivity (Wildman–Crippen MR) is 106 cm³/mol. The lowest BCUT2D eigenvalue weighted by atomic mass is 10.2. The molecule has 0 radical (unpaired) electrons. The predicted octanol–water partition coefficient (Wildman–Crippen LogP) is 3.28. The maximum atomic E-state index is 12.4. The number of hydrogen-bond acceptors (Lipinski definition) is 6. The first-order chi connectivity index (χ1) is 13.9. The van der Waals surface area contributed by atoms with Gasteiger partial charge in [0.1, 0.15) is 6.07 Å². The largest absolute Gasteiger partial charge is 0.448 e. The van der Waals surface area contributed by atoms with Crippen molar-refractivity contribution in [2.75, 3.05) is 5.32 Å². The third-order valence-electron chi connectivity index (χ3n) is 3.97. The Morgan fingerprint density at radius 1 is 1.21 bits per heavy atom. The number of carbonyl (C=O) groups excluding carboxylic acids is 2. The molecule has 0 aliphatic rings. The summed E-state index contributed by atoms with van der Waals surface area (Å²) in [5.74, 6) is -1.31. The molecule has 1 unspecified atom stereocenters. The summed E-state index contributed by atoms with van der Waals surface area (Å²) in [6.07, 6.45) is -1.09. The van der Waals surface area contributed by atoms with Crippen LogP contribution in [0.1, 0.15) is 28.7 Å². The number of nitriles is 1. The van der Waals surface area contributed by atoms with Crippen molar-refractivity contribution in [2.45, 2.75) is 20.0 Å². The Kier molecular flexibility index (Phi) is 5.90. The smallest absolute Gasteiger partial charge is 0.361 e. The summed E-state index contributed by atoms with van der Waals surface area (Å²) in [7, 11) is 0. The van der Waals surface area contributed by atoms with Crippen molar-refractivity contribution in [3.8, 4) is 11.8 Å². The van der Waals surface area contributed by atoms with E-state index in [4.69, 9.17) is 21.6 Å². The van der Waals surface area contributed by atoms with Crippen LogP contribution >= 0.6 is 11.6 Å². The summed E-state index contributed by atoms with van der Waals surface area (Å²) in [5, 5.41) is 20.1. The van der Waals surface area contributed by atoms with Gasteiger partial charge in [0.2, 0.25) is 0 Å². The van der Waals surface area contributed by atoms with Crippen LogP contribution in [0.2, 0.25) is 5.02 Å². The fourth-order valence-electron chi connectivity index (χ4n) is 2.44. The number of hydrogen-bond donors (Lipinski definition) is 1. The number of amides is 1. The van der Waals surface area contributed by atoms with Crippen LogP contribution in [0.5, 0.6) is 0 Å². The summed E-state index contributed by atoms with van der Waals surface area (Å²) in [6.45, 7) is 3.07. The second kappa shape index (κ2) is 8.54. The number of ether oxygens (including phenoxy) is 1. The summed E-state index contributed by atoms with van der Waals surface area (Å²) in [5.41, 5.74) is 1.77. The highest BCUT2D eigenvalue weighted by Gasteiger charge is 2.23. The molecule has 2 aromatic carbocycles. The van der Waals surface area contributed by atoms with Gasteiger partial charge in [0, 0.05) is 5.69 Å². The van der Waals surface area contributed by atoms with Crippen LogP contribution in [-0.4, -0.2) is 33.0 Å². The maximum absolute atomic E-state index is 12.4. The van der Waals surface area contributed by atoms with E-state index in [0.717, 1.165) is 0 Å². The highest BCUT2D eigenvalue weighted by molar-refractivity contribution is 6.32. The third kappa shape index (κ3) is 4.59. The second-order valence-electron chi connectivity index (χ2n) is 6.10. The molecule has 1 aromatic heterocycles. The van der Waals surface area contributed by atoms with Crippen molar-refractivity contribution in [1.29, 1.82) is 5.26 Å². The molecular weight excluding hydrogens is 394 g/mol. The Balaban J connectivity index is 1.67. The minimum absolute atomic E-state index is 0.0231. The molecule has 0 aliphatic carbocycles. The molecule has 146 valence electrons. The topological polar surface area (TPSA) is 110 Å². The van der Waals surface area contributed by atoms with Crippen molar-refractivity contribution in [2.24, 2.45) is 0 Å². The number of esters is 1. The monoisotopic (exact) mass is 409 g/mol. The van der Waals surface area contributed by atoms with E-state index in [1.54, 1.807) is 19.1 Å². The van der Waals surface area contributed by atoms with E-state index in [2.05, 4.69) is 15.5 Å². The van der Waals surface area contributed by atoms with E-state index in [9.17, 15) is 9.59 Å². The molecule has 8 nitrogen and oxygen atoms in total. The van der Waals surface area contributed by atoms with Gasteiger partial charge in [0.05, 0.1) is 22.0 Å². The van der Waals surface area contributed by atoms with Gasteiger partial charge in [0.25, 0.3) is 5.91 Å². The van der Waals surface area contributed by atoms with Crippen molar-refractivity contribution in [1.82, 2.24) is 15.0 Å². The number of aryl methyl sites for hydroxylation is 1. The first-order valence-corrected chi connectivity index (χ1v) is 8.97. The molecule has 3 rings (SSSR count). The lowest BCUT2D eigenvalue weighted by molar-refractivity contribution is -0.123. The summed E-state index contributed by atoms with van der Waals surface area (Å²) in [6, 6.07) is 15.5. The molecule has 29 heavy (non-hydrogen) atoms. The highest BCUT2D eigenvalue weighted by Crippen LogP contribution is 2.20. The number of nitrogens with zero attached hydrogens (tertiary/aromatic N) is 4. The standard InChI is InChI=1S/C20H16ClN5O3/c1-12-18(25-26(24-12)16-6-4-3-5-7-16)20(28)29-13(2)19(27)23-15-9-8-14(11-22)17(21)10-15/h3-10,13H,1-2H3,(H,23,27). The highest BCUT2D eigenvalue weighted by atomic mass is 35.5. The summed E-state index contributed by atoms with van der Waals surface area (Å²) >= 11 is 5.95. The van der Waals surface area contributed by atoms with Crippen LogP contribution in [0.15, 0.2) is 48.5 Å². The van der Waals surface area contributed by atoms with Gasteiger partial charge in [-0.25, -0.2) is 4.79 Å². The van der Waals surface area contributed by atoms with E-state index < -0.39 is 18.0 Å². The number of anilines is 1. The molecule has 1 N–H and O–H groups in total. The zero-order valence-electron chi connectivity index (χ0n) is 15.6. The SMILES string of the molecule is Cc1nn(-c2ccccc2)nc1C(=O)OC(C)C(=O)Nc1ccc(C#N)c(Cl)c1. The van der Waals surface area contributed by atoms with Crippen molar-refractivity contribution in [3.05, 3.63) is 70.5 Å². The van der Waals surface area contributed by atoms with Crippen LogP contribution in [-0.2, 0) is 9.53 Å². The van der Waals surface area contributed by atoms with Gasteiger partial charge in [-0.2, -0.15) is 15.2 Å². The number of carbonyl (C=O) groups is 2. The number of benzene rings is 2. The molecule has 1 atom stereocenters. The molecule has 0 bridgehead atoms. The average Bonchev–Trinajstić information content (AvgIpc) is 3.10. The minimum Gasteiger partial charge on any atom is -0.448 e. The Morgan fingerprint density at radius 2 is 1.93 bits per heavy atom. The number of nitrogens with one attached hydrogen (secondary N) is 1. The first-order valence-electron chi connectivity index (χ1n) is 8.60. The van der Waals surface area contributed by atoms with Crippen molar-refractivity contribution < 1.29 is 14.3 Å². The van der Waals surface area contributed by atoms with Crippen LogP contribution in [0.3, 0.4) is 0 Å². The molecule has 1 amide bonds. The normalized spacial score (nSPS) is 11.4. The lowest BCUT2D eigenvalue weighted by Gasteiger charge is -2.13. The maximum Gasteiger partial charge on any atom is 0.361 e. The molecule has 0 saturated heterocycles. The van der Waals surface area contributed by atoms with Crippen LogP contribution < -0.4 is 5.32 Å². The molecule has 0 saturated carbocycles. The molecule has 1 heterocycles. The zero-order chi connectivity index (χ0) is 21.0. The Bertz CT molecular complexity index is 1110. The molecule has 0 spiro atoms. The fourth-order valence-corrected chi connectivity index (χ4v) is 2.66. The fraction of sp³-hybridized carbons (Fsp3) is 0.150. The van der Waals surface area contributed by atoms with E-state index >= 15 is 0 Å². The Morgan fingerprint density at radius 3 is 2.59 bits per heavy atom. The van der Waals surface area contributed by atoms with Gasteiger partial charge < -0.3 is 10.1 Å². The summed E-state index contributed by atoms with van der Waals surface area (Å²) < 4.78 is 5.22. The number of rotatable bonds is 5. The number of para-hydroxylation sites is 1. The van der Waals surface area contributed by atoms with E-state index in [1.165, 1.54) is 29.9 Å². The van der Waals surface area contributed by atoms with E-state index in [0.29, 0.717) is 22.6 Å². The number of halogens is 1. The Labute approximate surface area is 171 Å². The van der Waals surface area contributed by atoms with Gasteiger partial charge in [-0.3, -0.25) is 4.79 Å². The van der Waals surface area contributed by atoms with Gasteiger partial charge >= 0.3 is 5.97 Å².